The van der Waals surface area contributed by atoms with Crippen molar-refractivity contribution >= 4 is 17.7 Å². The maximum absolute atomic E-state index is 11.9. The Bertz CT molecular complexity index is 531. The highest BCUT2D eigenvalue weighted by Crippen LogP contribution is 2.13. The van der Waals surface area contributed by atoms with Crippen LogP contribution < -0.4 is 10.2 Å². The van der Waals surface area contributed by atoms with Crippen molar-refractivity contribution in [2.24, 2.45) is 0 Å². The first-order chi connectivity index (χ1) is 12.1. The number of benzene rings is 1. The molecule has 0 aliphatic carbocycles. The van der Waals surface area contributed by atoms with Crippen LogP contribution in [0.5, 0.6) is 0 Å². The number of nitrogens with one attached hydrogen (secondary N) is 1. The molecule has 0 unspecified atom stereocenters. The molecule has 1 heterocycles. The van der Waals surface area contributed by atoms with Gasteiger partial charge in [-0.05, 0) is 69.1 Å². The third kappa shape index (κ3) is 7.74. The molecular formula is C21H33N3O. The van der Waals surface area contributed by atoms with Gasteiger partial charge in [0.1, 0.15) is 0 Å². The number of nitrogens with zero attached hydrogens (tertiary/aromatic N) is 2. The summed E-state index contributed by atoms with van der Waals surface area (Å²) in [7, 11) is 4.04. The first-order valence-corrected chi connectivity index (χ1v) is 9.61. The highest BCUT2D eigenvalue weighted by molar-refractivity contribution is 5.91. The zero-order chi connectivity index (χ0) is 17.9. The van der Waals surface area contributed by atoms with Crippen LogP contribution in [0.1, 0.15) is 44.1 Å². The van der Waals surface area contributed by atoms with E-state index in [4.69, 9.17) is 0 Å². The van der Waals surface area contributed by atoms with E-state index in [1.165, 1.54) is 51.7 Å². The van der Waals surface area contributed by atoms with E-state index in [1.54, 1.807) is 6.08 Å². The van der Waals surface area contributed by atoms with Gasteiger partial charge in [-0.15, -0.1) is 0 Å². The lowest BCUT2D eigenvalue weighted by Crippen LogP contribution is -2.30. The van der Waals surface area contributed by atoms with Gasteiger partial charge >= 0.3 is 0 Å². The fraction of sp³-hybridized carbons (Fsp3) is 0.571. The average molecular weight is 344 g/mol. The molecular weight excluding hydrogens is 310 g/mol. The molecule has 4 heteroatoms. The second-order valence-corrected chi connectivity index (χ2v) is 7.07. The van der Waals surface area contributed by atoms with Crippen LogP contribution in [0.25, 0.3) is 6.08 Å². The van der Waals surface area contributed by atoms with Crippen molar-refractivity contribution in [3.05, 3.63) is 35.9 Å². The molecule has 1 N–H and O–H groups in total. The normalized spacial score (nSPS) is 15.4. The number of rotatable bonds is 9. The Balaban J connectivity index is 1.55. The zero-order valence-electron chi connectivity index (χ0n) is 15.8. The maximum atomic E-state index is 11.9. The van der Waals surface area contributed by atoms with Crippen LogP contribution in [0.4, 0.5) is 5.69 Å². The summed E-state index contributed by atoms with van der Waals surface area (Å²) in [6.45, 7) is 4.54. The molecule has 2 rings (SSSR count). The predicted molar refractivity (Wildman–Crippen MR) is 107 cm³/mol. The lowest BCUT2D eigenvalue weighted by Gasteiger charge is -2.26. The minimum absolute atomic E-state index is 0.00674. The molecule has 0 atom stereocenters. The van der Waals surface area contributed by atoms with Gasteiger partial charge in [-0.3, -0.25) is 4.79 Å². The molecule has 0 saturated carbocycles. The minimum atomic E-state index is -0.00674. The number of unbranched alkanes of at least 4 members (excludes halogenated alkanes) is 2. The number of anilines is 1. The first kappa shape index (κ1) is 19.5. The number of hydrogen-bond acceptors (Lipinski definition) is 3. The number of carbonyl (C=O) groups excluding carboxylic acids is 1. The molecule has 0 spiro atoms. The SMILES string of the molecule is CN(C)c1ccc(/C=C/C(=O)NCCCCCN2CCCCC2)cc1. The van der Waals surface area contributed by atoms with E-state index in [0.29, 0.717) is 0 Å². The van der Waals surface area contributed by atoms with Gasteiger partial charge in [0.15, 0.2) is 0 Å². The number of hydrogen-bond donors (Lipinski definition) is 1. The van der Waals surface area contributed by atoms with Crippen LogP contribution in [-0.4, -0.2) is 51.1 Å². The van der Waals surface area contributed by atoms with Gasteiger partial charge in [0, 0.05) is 32.4 Å². The van der Waals surface area contributed by atoms with Crippen LogP contribution >= 0.6 is 0 Å². The quantitative estimate of drug-likeness (QED) is 0.550. The molecule has 1 aliphatic heterocycles. The largest absolute Gasteiger partial charge is 0.378 e. The Labute approximate surface area is 152 Å². The number of likely N-dealkylation sites (tertiary alicyclic amines) is 1. The summed E-state index contributed by atoms with van der Waals surface area (Å²) in [5.74, 6) is -0.00674. The Morgan fingerprint density at radius 3 is 2.48 bits per heavy atom. The summed E-state index contributed by atoms with van der Waals surface area (Å²) in [5, 5.41) is 2.97. The van der Waals surface area contributed by atoms with Gasteiger partial charge in [0.25, 0.3) is 0 Å². The predicted octanol–water partition coefficient (Wildman–Crippen LogP) is 3.54. The van der Waals surface area contributed by atoms with E-state index in [2.05, 4.69) is 27.2 Å². The third-order valence-corrected chi connectivity index (χ3v) is 4.74. The molecule has 1 aromatic carbocycles. The highest BCUT2D eigenvalue weighted by Gasteiger charge is 2.08. The summed E-state index contributed by atoms with van der Waals surface area (Å²) in [6.07, 6.45) is 11.1. The van der Waals surface area contributed by atoms with E-state index >= 15 is 0 Å². The van der Waals surface area contributed by atoms with Crippen molar-refractivity contribution in [3.8, 4) is 0 Å². The third-order valence-electron chi connectivity index (χ3n) is 4.74. The highest BCUT2D eigenvalue weighted by atomic mass is 16.1. The van der Waals surface area contributed by atoms with Crippen LogP contribution in [0, 0.1) is 0 Å². The first-order valence-electron chi connectivity index (χ1n) is 9.61. The van der Waals surface area contributed by atoms with Crippen molar-refractivity contribution < 1.29 is 4.79 Å². The molecule has 4 nitrogen and oxygen atoms in total. The summed E-state index contributed by atoms with van der Waals surface area (Å²) < 4.78 is 0. The second-order valence-electron chi connectivity index (χ2n) is 7.07. The Kier molecular flexibility index (Phi) is 8.53. The molecule has 1 fully saturated rings. The smallest absolute Gasteiger partial charge is 0.243 e. The number of piperidine rings is 1. The monoisotopic (exact) mass is 343 g/mol. The van der Waals surface area contributed by atoms with Crippen molar-refractivity contribution in [3.63, 3.8) is 0 Å². The zero-order valence-corrected chi connectivity index (χ0v) is 15.8. The molecule has 25 heavy (non-hydrogen) atoms. The summed E-state index contributed by atoms with van der Waals surface area (Å²) >= 11 is 0. The molecule has 0 aromatic heterocycles. The molecule has 0 bridgehead atoms. The second kappa shape index (κ2) is 10.9. The van der Waals surface area contributed by atoms with Gasteiger partial charge in [0.05, 0.1) is 0 Å². The van der Waals surface area contributed by atoms with Crippen LogP contribution in [0.2, 0.25) is 0 Å². The minimum Gasteiger partial charge on any atom is -0.378 e. The van der Waals surface area contributed by atoms with Crippen LogP contribution in [-0.2, 0) is 4.79 Å². The van der Waals surface area contributed by atoms with Crippen molar-refractivity contribution in [2.45, 2.75) is 38.5 Å². The van der Waals surface area contributed by atoms with Crippen molar-refractivity contribution in [2.75, 3.05) is 45.2 Å². The molecule has 138 valence electrons. The molecule has 1 saturated heterocycles. The van der Waals surface area contributed by atoms with Gasteiger partial charge in [-0.2, -0.15) is 0 Å². The molecule has 1 aromatic rings. The van der Waals surface area contributed by atoms with E-state index in [9.17, 15) is 4.79 Å². The van der Waals surface area contributed by atoms with Crippen LogP contribution in [0.15, 0.2) is 30.3 Å². The molecule has 0 radical (unpaired) electrons. The van der Waals surface area contributed by atoms with Gasteiger partial charge in [-0.25, -0.2) is 0 Å². The number of carbonyl (C=O) groups is 1. The molecule has 1 amide bonds. The van der Waals surface area contributed by atoms with Crippen molar-refractivity contribution in [1.82, 2.24) is 10.2 Å². The standard InChI is InChI=1S/C21H33N3O/c1-23(2)20-12-9-19(10-13-20)11-14-21(25)22-15-5-3-6-16-24-17-7-4-8-18-24/h9-14H,3-8,15-18H2,1-2H3,(H,22,25)/b14-11+. The van der Waals surface area contributed by atoms with E-state index in [0.717, 1.165) is 24.2 Å². The maximum Gasteiger partial charge on any atom is 0.243 e. The van der Waals surface area contributed by atoms with E-state index in [-0.39, 0.29) is 5.91 Å². The Hall–Kier alpha value is -1.81. The summed E-state index contributed by atoms with van der Waals surface area (Å²) in [5.41, 5.74) is 2.20. The fourth-order valence-electron chi connectivity index (χ4n) is 3.15. The van der Waals surface area contributed by atoms with Gasteiger partial charge in [-0.1, -0.05) is 25.0 Å². The Morgan fingerprint density at radius 2 is 1.80 bits per heavy atom. The molecule has 1 aliphatic rings. The summed E-state index contributed by atoms with van der Waals surface area (Å²) in [6, 6.07) is 8.17. The van der Waals surface area contributed by atoms with Crippen molar-refractivity contribution in [1.29, 1.82) is 0 Å². The van der Waals surface area contributed by atoms with Gasteiger partial charge in [0.2, 0.25) is 5.91 Å². The van der Waals surface area contributed by atoms with E-state index in [1.807, 2.05) is 32.3 Å². The fourth-order valence-corrected chi connectivity index (χ4v) is 3.15. The lowest BCUT2D eigenvalue weighted by atomic mass is 10.1. The number of amides is 1. The lowest BCUT2D eigenvalue weighted by molar-refractivity contribution is -0.116. The Morgan fingerprint density at radius 1 is 1.08 bits per heavy atom. The van der Waals surface area contributed by atoms with E-state index < -0.39 is 0 Å². The topological polar surface area (TPSA) is 35.6 Å². The summed E-state index contributed by atoms with van der Waals surface area (Å²) in [4.78, 5) is 16.5. The average Bonchev–Trinajstić information content (AvgIpc) is 2.64. The van der Waals surface area contributed by atoms with Crippen LogP contribution in [0.3, 0.4) is 0 Å². The van der Waals surface area contributed by atoms with Gasteiger partial charge < -0.3 is 15.1 Å².